The molecule has 2 aliphatic heterocycles. The van der Waals surface area contributed by atoms with Gasteiger partial charge in [-0.2, -0.15) is 0 Å². The number of amides is 1. The summed E-state index contributed by atoms with van der Waals surface area (Å²) in [6.45, 7) is 1.68. The van der Waals surface area contributed by atoms with E-state index in [-0.39, 0.29) is 17.6 Å². The maximum absolute atomic E-state index is 15.1. The van der Waals surface area contributed by atoms with Gasteiger partial charge in [0.05, 0.1) is 5.39 Å². The second-order valence-corrected chi connectivity index (χ2v) is 9.21. The number of aromatic amines is 1. The number of benzene rings is 1. The average molecular weight is 492 g/mol. The first-order valence-corrected chi connectivity index (χ1v) is 12.2. The first-order valence-electron chi connectivity index (χ1n) is 12.2. The van der Waals surface area contributed by atoms with Gasteiger partial charge in [-0.15, -0.1) is 0 Å². The van der Waals surface area contributed by atoms with Crippen LogP contribution in [0.4, 0.5) is 4.39 Å². The molecule has 0 spiro atoms. The molecule has 1 fully saturated rings. The molecule has 0 radical (unpaired) electrons. The Morgan fingerprint density at radius 2 is 2.00 bits per heavy atom. The fraction of sp³-hybridized carbons (Fsp3) is 0.346. The second-order valence-electron chi connectivity index (χ2n) is 9.21. The fourth-order valence-electron chi connectivity index (χ4n) is 4.72. The minimum Gasteiger partial charge on any atom is -0.453 e. The van der Waals surface area contributed by atoms with E-state index in [0.717, 1.165) is 37.0 Å². The van der Waals surface area contributed by atoms with Crippen LogP contribution in [0.1, 0.15) is 44.1 Å². The van der Waals surface area contributed by atoms with Crippen LogP contribution >= 0.6 is 0 Å². The number of nitrogens with two attached hydrogens (primary N) is 2. The lowest BCUT2D eigenvalue weighted by atomic mass is 9.96. The molecule has 36 heavy (non-hydrogen) atoms. The van der Waals surface area contributed by atoms with Gasteiger partial charge in [-0.3, -0.25) is 10.5 Å². The van der Waals surface area contributed by atoms with Crippen molar-refractivity contribution >= 4 is 22.9 Å². The number of hydrogen-bond donors (Lipinski definition) is 4. The van der Waals surface area contributed by atoms with Crippen molar-refractivity contribution in [2.24, 2.45) is 16.5 Å². The predicted octanol–water partition coefficient (Wildman–Crippen LogP) is 3.59. The van der Waals surface area contributed by atoms with Gasteiger partial charge in [0.15, 0.2) is 23.2 Å². The summed E-state index contributed by atoms with van der Waals surface area (Å²) < 4.78 is 20.9. The van der Waals surface area contributed by atoms with E-state index in [4.69, 9.17) is 16.2 Å². The maximum Gasteiger partial charge on any atom is 0.222 e. The number of carbonyl (C=O) groups excluding carboxylic acids is 1. The minimum absolute atomic E-state index is 0.0577. The van der Waals surface area contributed by atoms with Crippen molar-refractivity contribution in [1.82, 2.24) is 20.2 Å². The van der Waals surface area contributed by atoms with Crippen molar-refractivity contribution in [3.05, 3.63) is 65.9 Å². The second kappa shape index (κ2) is 9.98. The van der Waals surface area contributed by atoms with E-state index in [1.807, 2.05) is 11.0 Å². The van der Waals surface area contributed by atoms with Crippen LogP contribution in [-0.4, -0.2) is 39.8 Å². The molecule has 1 aromatic carbocycles. The number of hydrogen-bond acceptors (Lipinski definition) is 7. The summed E-state index contributed by atoms with van der Waals surface area (Å²) >= 11 is 0. The summed E-state index contributed by atoms with van der Waals surface area (Å²) in [7, 11) is 0. The molecule has 6 N–H and O–H groups in total. The number of fused-ring (bicyclic) bond motifs is 1. The molecule has 4 heterocycles. The van der Waals surface area contributed by atoms with Gasteiger partial charge in [0.1, 0.15) is 11.4 Å². The van der Waals surface area contributed by atoms with Gasteiger partial charge in [-0.05, 0) is 62.4 Å². The Balaban J connectivity index is 1.28. The average Bonchev–Trinajstić information content (AvgIpc) is 3.35. The molecule has 1 unspecified atom stereocenters. The van der Waals surface area contributed by atoms with E-state index in [1.165, 1.54) is 18.6 Å². The van der Waals surface area contributed by atoms with Gasteiger partial charge in [0.25, 0.3) is 0 Å². The Morgan fingerprint density at radius 1 is 1.17 bits per heavy atom. The van der Waals surface area contributed by atoms with Gasteiger partial charge in [-0.1, -0.05) is 6.07 Å². The highest BCUT2D eigenvalue weighted by molar-refractivity contribution is 5.83. The van der Waals surface area contributed by atoms with Crippen molar-refractivity contribution in [2.75, 3.05) is 13.1 Å². The van der Waals surface area contributed by atoms with Crippen LogP contribution in [0.2, 0.25) is 0 Å². The fourth-order valence-corrected chi connectivity index (χ4v) is 4.72. The molecule has 0 aliphatic carbocycles. The van der Waals surface area contributed by atoms with Crippen LogP contribution in [-0.2, 0) is 10.5 Å². The van der Waals surface area contributed by atoms with E-state index in [1.54, 1.807) is 30.6 Å². The van der Waals surface area contributed by atoms with Crippen LogP contribution in [0.25, 0.3) is 11.0 Å². The molecule has 0 saturated carbocycles. The number of aliphatic imine (C=N–C) groups is 1. The number of nitrogens with zero attached hydrogens (tertiary/aromatic N) is 3. The number of allylic oxidation sites excluding steroid dienone is 1. The molecule has 2 aromatic heterocycles. The van der Waals surface area contributed by atoms with E-state index in [0.29, 0.717) is 36.2 Å². The lowest BCUT2D eigenvalue weighted by Crippen LogP contribution is -2.44. The number of H-pyrrole nitrogens is 1. The Bertz CT molecular complexity index is 1330. The number of likely N-dealkylation sites (tertiary alicyclic amines) is 1. The lowest BCUT2D eigenvalue weighted by molar-refractivity contribution is -0.132. The summed E-state index contributed by atoms with van der Waals surface area (Å²) in [6.07, 6.45) is 10.1. The topological polar surface area (TPSA) is 135 Å². The number of rotatable bonds is 7. The van der Waals surface area contributed by atoms with Gasteiger partial charge in [0.2, 0.25) is 5.91 Å². The summed E-state index contributed by atoms with van der Waals surface area (Å²) in [6, 6.07) is 8.00. The number of halogens is 1. The minimum atomic E-state index is -1.34. The highest BCUT2D eigenvalue weighted by atomic mass is 19.1. The predicted molar refractivity (Wildman–Crippen MR) is 136 cm³/mol. The highest BCUT2D eigenvalue weighted by Gasteiger charge is 2.30. The van der Waals surface area contributed by atoms with E-state index in [2.05, 4.69) is 20.3 Å². The Hall–Kier alpha value is -3.92. The Kier molecular flexibility index (Phi) is 6.60. The Labute approximate surface area is 208 Å². The highest BCUT2D eigenvalue weighted by Crippen LogP contribution is 2.33. The number of nitrogens with one attached hydrogen (secondary N) is 2. The maximum atomic E-state index is 15.1. The summed E-state index contributed by atoms with van der Waals surface area (Å²) in [5, 5.41) is 3.77. The van der Waals surface area contributed by atoms with E-state index >= 15 is 4.39 Å². The molecule has 188 valence electrons. The standard InChI is InChI=1S/C26H30FN7O2/c27-20-15-17(7-8-22(20)36-21-10-12-31-24-19(21)9-11-30-24)26(29)16-18(32-25(28)33-26)5-4-6-23(35)34-13-2-1-3-14-34/h7-12,15-16H,1-6,13-14,29H2,(H,30,31)(H3,28,32,33). The first-order chi connectivity index (χ1) is 17.4. The number of ether oxygens (including phenoxy) is 1. The van der Waals surface area contributed by atoms with Crippen molar-refractivity contribution in [3.8, 4) is 11.5 Å². The number of pyridine rings is 1. The van der Waals surface area contributed by atoms with Gasteiger partial charge < -0.3 is 25.7 Å². The summed E-state index contributed by atoms with van der Waals surface area (Å²) in [5.41, 5.74) is 13.1. The molecule has 10 heteroatoms. The molecule has 0 bridgehead atoms. The van der Waals surface area contributed by atoms with Crippen molar-refractivity contribution in [3.63, 3.8) is 0 Å². The molecule has 1 saturated heterocycles. The van der Waals surface area contributed by atoms with Gasteiger partial charge in [-0.25, -0.2) is 14.4 Å². The number of aromatic nitrogens is 2. The first kappa shape index (κ1) is 23.8. The molecule has 2 aliphatic rings. The quantitative estimate of drug-likeness (QED) is 0.399. The molecule has 9 nitrogen and oxygen atoms in total. The Morgan fingerprint density at radius 3 is 2.81 bits per heavy atom. The normalized spacial score (nSPS) is 20.0. The number of piperidine rings is 1. The monoisotopic (exact) mass is 491 g/mol. The molecule has 5 rings (SSSR count). The lowest BCUT2D eigenvalue weighted by Gasteiger charge is -2.29. The molecular weight excluding hydrogens is 461 g/mol. The summed E-state index contributed by atoms with van der Waals surface area (Å²) in [5.74, 6) is 0.288. The third kappa shape index (κ3) is 5.03. The molecule has 1 atom stereocenters. The number of guanidine groups is 1. The molecule has 1 amide bonds. The van der Waals surface area contributed by atoms with Crippen LogP contribution < -0.4 is 21.5 Å². The van der Waals surface area contributed by atoms with Gasteiger partial charge in [0, 0.05) is 43.2 Å². The SMILES string of the molecule is NC1=NC(N)(c2ccc(Oc3ccnc4[nH]ccc34)c(F)c2)C=C(CCCC(=O)N2CCCCC2)N1. The van der Waals surface area contributed by atoms with Crippen molar-refractivity contribution in [1.29, 1.82) is 0 Å². The largest absolute Gasteiger partial charge is 0.453 e. The zero-order chi connectivity index (χ0) is 25.1. The van der Waals surface area contributed by atoms with Crippen molar-refractivity contribution < 1.29 is 13.9 Å². The van der Waals surface area contributed by atoms with Crippen LogP contribution in [0, 0.1) is 5.82 Å². The number of carbonyl (C=O) groups is 1. The van der Waals surface area contributed by atoms with Crippen LogP contribution in [0.5, 0.6) is 11.5 Å². The molecular formula is C26H30FN7O2. The van der Waals surface area contributed by atoms with E-state index < -0.39 is 11.5 Å². The van der Waals surface area contributed by atoms with Gasteiger partial charge >= 0.3 is 0 Å². The zero-order valence-electron chi connectivity index (χ0n) is 20.0. The summed E-state index contributed by atoms with van der Waals surface area (Å²) in [4.78, 5) is 25.9. The smallest absolute Gasteiger partial charge is 0.222 e. The van der Waals surface area contributed by atoms with Crippen LogP contribution in [0.15, 0.2) is 59.5 Å². The van der Waals surface area contributed by atoms with E-state index in [9.17, 15) is 4.79 Å². The van der Waals surface area contributed by atoms with Crippen molar-refractivity contribution in [2.45, 2.75) is 44.2 Å². The zero-order valence-corrected chi connectivity index (χ0v) is 20.0. The third-order valence-electron chi connectivity index (χ3n) is 6.57. The third-order valence-corrected chi connectivity index (χ3v) is 6.57. The molecule has 3 aromatic rings. The van der Waals surface area contributed by atoms with Crippen LogP contribution in [0.3, 0.4) is 0 Å².